The SMILES string of the molecule is COc1ccc(C(=O)CN2CCS(=O)CC2)cc1F. The maximum atomic E-state index is 13.5. The second-order valence-electron chi connectivity index (χ2n) is 4.40. The van der Waals surface area contributed by atoms with Gasteiger partial charge in [0.05, 0.1) is 13.7 Å². The second kappa shape index (κ2) is 6.25. The van der Waals surface area contributed by atoms with Crippen LogP contribution in [0.1, 0.15) is 10.4 Å². The minimum absolute atomic E-state index is 0.130. The smallest absolute Gasteiger partial charge is 0.176 e. The maximum absolute atomic E-state index is 13.5. The van der Waals surface area contributed by atoms with Crippen LogP contribution in [0.15, 0.2) is 18.2 Å². The molecular weight excluding hydrogens is 269 g/mol. The van der Waals surface area contributed by atoms with Crippen LogP contribution in [0.25, 0.3) is 0 Å². The minimum Gasteiger partial charge on any atom is -0.494 e. The average molecular weight is 285 g/mol. The summed E-state index contributed by atoms with van der Waals surface area (Å²) in [4.78, 5) is 14.0. The lowest BCUT2D eigenvalue weighted by molar-refractivity contribution is 0.0936. The number of benzene rings is 1. The number of halogens is 1. The number of carbonyl (C=O) groups is 1. The average Bonchev–Trinajstić information content (AvgIpc) is 2.41. The van der Waals surface area contributed by atoms with Crippen molar-refractivity contribution in [1.82, 2.24) is 4.90 Å². The molecule has 1 aliphatic rings. The Kier molecular flexibility index (Phi) is 4.66. The highest BCUT2D eigenvalue weighted by molar-refractivity contribution is 7.85. The first-order valence-electron chi connectivity index (χ1n) is 6.04. The fraction of sp³-hybridized carbons (Fsp3) is 0.462. The number of ketones is 1. The molecule has 6 heteroatoms. The van der Waals surface area contributed by atoms with Gasteiger partial charge in [-0.05, 0) is 18.2 Å². The van der Waals surface area contributed by atoms with Gasteiger partial charge in [-0.1, -0.05) is 0 Å². The lowest BCUT2D eigenvalue weighted by Gasteiger charge is -2.25. The lowest BCUT2D eigenvalue weighted by atomic mass is 10.1. The van der Waals surface area contributed by atoms with E-state index in [1.807, 2.05) is 4.90 Å². The molecule has 1 heterocycles. The molecule has 0 bridgehead atoms. The van der Waals surface area contributed by atoms with Gasteiger partial charge in [0.2, 0.25) is 0 Å². The van der Waals surface area contributed by atoms with Crippen LogP contribution in [-0.4, -0.2) is 53.1 Å². The van der Waals surface area contributed by atoms with E-state index < -0.39 is 16.6 Å². The van der Waals surface area contributed by atoms with Crippen LogP contribution in [0.3, 0.4) is 0 Å². The van der Waals surface area contributed by atoms with E-state index in [1.165, 1.54) is 19.2 Å². The fourth-order valence-corrected chi connectivity index (χ4v) is 3.10. The van der Waals surface area contributed by atoms with Crippen molar-refractivity contribution in [1.29, 1.82) is 0 Å². The summed E-state index contributed by atoms with van der Waals surface area (Å²) in [6.45, 7) is 1.54. The summed E-state index contributed by atoms with van der Waals surface area (Å²) < 4.78 is 29.5. The van der Waals surface area contributed by atoms with E-state index in [1.54, 1.807) is 6.07 Å². The van der Waals surface area contributed by atoms with Crippen molar-refractivity contribution in [2.24, 2.45) is 0 Å². The fourth-order valence-electron chi connectivity index (χ4n) is 1.97. The third kappa shape index (κ3) is 3.61. The van der Waals surface area contributed by atoms with Gasteiger partial charge < -0.3 is 4.74 Å². The molecule has 0 saturated carbocycles. The summed E-state index contributed by atoms with van der Waals surface area (Å²) in [7, 11) is 0.625. The van der Waals surface area contributed by atoms with Gasteiger partial charge in [-0.2, -0.15) is 0 Å². The van der Waals surface area contributed by atoms with Crippen LogP contribution in [0.4, 0.5) is 4.39 Å². The van der Waals surface area contributed by atoms with Gasteiger partial charge in [0.1, 0.15) is 0 Å². The highest BCUT2D eigenvalue weighted by Gasteiger charge is 2.19. The molecule has 0 atom stereocenters. The Bertz CT molecular complexity index is 497. The summed E-state index contributed by atoms with van der Waals surface area (Å²) in [5.74, 6) is 0.668. The van der Waals surface area contributed by atoms with Crippen molar-refractivity contribution in [3.8, 4) is 5.75 Å². The van der Waals surface area contributed by atoms with Crippen LogP contribution >= 0.6 is 0 Å². The lowest BCUT2D eigenvalue weighted by Crippen LogP contribution is -2.40. The molecular formula is C13H16FNO3S. The summed E-state index contributed by atoms with van der Waals surface area (Å²) in [5.41, 5.74) is 0.338. The Hall–Kier alpha value is -1.27. The van der Waals surface area contributed by atoms with E-state index in [4.69, 9.17) is 4.74 Å². The van der Waals surface area contributed by atoms with Crippen LogP contribution < -0.4 is 4.74 Å². The Labute approximate surface area is 114 Å². The molecule has 1 aromatic rings. The van der Waals surface area contributed by atoms with Crippen molar-refractivity contribution in [3.63, 3.8) is 0 Å². The number of carbonyl (C=O) groups excluding carboxylic acids is 1. The molecule has 2 rings (SSSR count). The number of Topliss-reactive ketones (excluding diaryl/α,β-unsaturated/α-hetero) is 1. The van der Waals surface area contributed by atoms with Crippen LogP contribution in [0.5, 0.6) is 5.75 Å². The van der Waals surface area contributed by atoms with E-state index in [0.29, 0.717) is 30.2 Å². The Morgan fingerprint density at radius 1 is 1.42 bits per heavy atom. The molecule has 1 aliphatic heterocycles. The molecule has 1 aromatic carbocycles. The molecule has 104 valence electrons. The Morgan fingerprint density at radius 3 is 2.68 bits per heavy atom. The quantitative estimate of drug-likeness (QED) is 0.777. The molecule has 0 amide bonds. The van der Waals surface area contributed by atoms with Crippen LogP contribution in [0, 0.1) is 5.82 Å². The first-order valence-corrected chi connectivity index (χ1v) is 7.53. The predicted octanol–water partition coefficient (Wildman–Crippen LogP) is 1.08. The van der Waals surface area contributed by atoms with Gasteiger partial charge in [-0.3, -0.25) is 13.9 Å². The summed E-state index contributed by atoms with van der Waals surface area (Å²) in [6, 6.07) is 4.21. The molecule has 1 saturated heterocycles. The summed E-state index contributed by atoms with van der Waals surface area (Å²) >= 11 is 0. The monoisotopic (exact) mass is 285 g/mol. The van der Waals surface area contributed by atoms with Gasteiger partial charge in [0.15, 0.2) is 17.3 Å². The Morgan fingerprint density at radius 2 is 2.11 bits per heavy atom. The first-order chi connectivity index (χ1) is 9.10. The standard InChI is InChI=1S/C13H16FNO3S/c1-18-13-3-2-10(8-11(13)14)12(16)9-15-4-6-19(17)7-5-15/h2-3,8H,4-7,9H2,1H3. The molecule has 19 heavy (non-hydrogen) atoms. The topological polar surface area (TPSA) is 46.6 Å². The van der Waals surface area contributed by atoms with Crippen molar-refractivity contribution >= 4 is 16.6 Å². The summed E-state index contributed by atoms with van der Waals surface area (Å²) in [6.07, 6.45) is 0. The Balaban J connectivity index is 2.00. The zero-order valence-corrected chi connectivity index (χ0v) is 11.5. The molecule has 4 nitrogen and oxygen atoms in total. The van der Waals surface area contributed by atoms with E-state index in [0.717, 1.165) is 0 Å². The zero-order chi connectivity index (χ0) is 13.8. The maximum Gasteiger partial charge on any atom is 0.176 e. The van der Waals surface area contributed by atoms with Crippen LogP contribution in [0.2, 0.25) is 0 Å². The van der Waals surface area contributed by atoms with Crippen molar-refractivity contribution in [3.05, 3.63) is 29.6 Å². The largest absolute Gasteiger partial charge is 0.494 e. The van der Waals surface area contributed by atoms with E-state index in [2.05, 4.69) is 0 Å². The van der Waals surface area contributed by atoms with Gasteiger partial charge in [-0.15, -0.1) is 0 Å². The number of rotatable bonds is 4. The van der Waals surface area contributed by atoms with Crippen LogP contribution in [-0.2, 0) is 10.8 Å². The number of nitrogens with zero attached hydrogens (tertiary/aromatic N) is 1. The summed E-state index contributed by atoms with van der Waals surface area (Å²) in [5, 5.41) is 0. The predicted molar refractivity (Wildman–Crippen MR) is 71.6 cm³/mol. The first kappa shape index (κ1) is 14.1. The van der Waals surface area contributed by atoms with Crippen molar-refractivity contribution in [2.75, 3.05) is 38.2 Å². The van der Waals surface area contributed by atoms with E-state index >= 15 is 0 Å². The van der Waals surface area contributed by atoms with Gasteiger partial charge >= 0.3 is 0 Å². The molecule has 0 spiro atoms. The molecule has 0 aromatic heterocycles. The third-order valence-electron chi connectivity index (χ3n) is 3.11. The second-order valence-corrected chi connectivity index (χ2v) is 6.09. The van der Waals surface area contributed by atoms with Gasteiger partial charge in [-0.25, -0.2) is 4.39 Å². The number of ether oxygens (including phenoxy) is 1. The molecule has 0 aliphatic carbocycles. The normalized spacial score (nSPS) is 17.4. The van der Waals surface area contributed by atoms with E-state index in [-0.39, 0.29) is 18.1 Å². The van der Waals surface area contributed by atoms with Gasteiger partial charge in [0, 0.05) is 41.0 Å². The molecule has 0 radical (unpaired) electrons. The number of hydrogen-bond acceptors (Lipinski definition) is 4. The minimum atomic E-state index is -0.758. The van der Waals surface area contributed by atoms with Crippen molar-refractivity contribution < 1.29 is 18.1 Å². The molecule has 0 unspecified atom stereocenters. The highest BCUT2D eigenvalue weighted by atomic mass is 32.2. The number of methoxy groups -OCH3 is 1. The highest BCUT2D eigenvalue weighted by Crippen LogP contribution is 2.18. The zero-order valence-electron chi connectivity index (χ0n) is 10.7. The van der Waals surface area contributed by atoms with Gasteiger partial charge in [0.25, 0.3) is 0 Å². The van der Waals surface area contributed by atoms with E-state index in [9.17, 15) is 13.4 Å². The molecule has 1 fully saturated rings. The number of hydrogen-bond donors (Lipinski definition) is 0. The third-order valence-corrected chi connectivity index (χ3v) is 4.39. The molecule has 0 N–H and O–H groups in total. The van der Waals surface area contributed by atoms with Crippen molar-refractivity contribution in [2.45, 2.75) is 0 Å².